The highest BCUT2D eigenvalue weighted by Crippen LogP contribution is 2.39. The summed E-state index contributed by atoms with van der Waals surface area (Å²) in [6, 6.07) is 5.59. The Morgan fingerprint density at radius 3 is 2.71 bits per heavy atom. The number of amides is 2. The highest BCUT2D eigenvalue weighted by molar-refractivity contribution is 5.99. The van der Waals surface area contributed by atoms with Gasteiger partial charge in [0.1, 0.15) is 0 Å². The molecule has 2 aliphatic rings. The molecule has 0 radical (unpaired) electrons. The molecular formula is C27H39N3O4. The first-order valence-corrected chi connectivity index (χ1v) is 12.8. The van der Waals surface area contributed by atoms with Crippen LogP contribution in [0.25, 0.3) is 10.9 Å². The lowest BCUT2D eigenvalue weighted by Crippen LogP contribution is -2.40. The number of rotatable bonds is 8. The molecule has 4 rings (SSSR count). The highest BCUT2D eigenvalue weighted by atomic mass is 16.5. The van der Waals surface area contributed by atoms with Gasteiger partial charge in [-0.2, -0.15) is 0 Å². The second kappa shape index (κ2) is 10.9. The molecule has 2 unspecified atom stereocenters. The first-order valence-electron chi connectivity index (χ1n) is 12.8. The molecule has 186 valence electrons. The van der Waals surface area contributed by atoms with E-state index in [1.807, 2.05) is 19.1 Å². The zero-order valence-corrected chi connectivity index (χ0v) is 20.8. The monoisotopic (exact) mass is 469 g/mol. The summed E-state index contributed by atoms with van der Waals surface area (Å²) < 4.78 is 7.88. The van der Waals surface area contributed by atoms with Crippen LogP contribution in [0.15, 0.2) is 18.2 Å². The van der Waals surface area contributed by atoms with Gasteiger partial charge in [0.15, 0.2) is 0 Å². The Morgan fingerprint density at radius 1 is 1.24 bits per heavy atom. The molecule has 2 amide bonds. The van der Waals surface area contributed by atoms with E-state index in [4.69, 9.17) is 4.74 Å². The summed E-state index contributed by atoms with van der Waals surface area (Å²) in [4.78, 5) is 26.8. The Bertz CT molecular complexity index is 1020. The van der Waals surface area contributed by atoms with E-state index in [-0.39, 0.29) is 24.8 Å². The second-order valence-corrected chi connectivity index (χ2v) is 9.91. The Hall–Kier alpha value is -2.38. The van der Waals surface area contributed by atoms with Crippen LogP contribution in [0.2, 0.25) is 0 Å². The van der Waals surface area contributed by atoms with Gasteiger partial charge in [-0.1, -0.05) is 0 Å². The number of nitrogens with one attached hydrogen (secondary N) is 1. The van der Waals surface area contributed by atoms with Crippen LogP contribution in [0.1, 0.15) is 60.6 Å². The summed E-state index contributed by atoms with van der Waals surface area (Å²) in [5.74, 6) is 1.23. The number of nitrogens with zero attached hydrogens (tertiary/aromatic N) is 2. The van der Waals surface area contributed by atoms with E-state index in [1.165, 1.54) is 28.6 Å². The van der Waals surface area contributed by atoms with Crippen molar-refractivity contribution in [3.8, 4) is 0 Å². The number of benzene rings is 1. The Balaban J connectivity index is 1.54. The van der Waals surface area contributed by atoms with Gasteiger partial charge in [-0.05, 0) is 81.0 Å². The number of aryl methyl sites for hydroxylation is 1. The van der Waals surface area contributed by atoms with Crippen molar-refractivity contribution in [2.75, 3.05) is 33.4 Å². The smallest absolute Gasteiger partial charge is 0.253 e. The topological polar surface area (TPSA) is 83.8 Å². The number of carbonyl (C=O) groups is 2. The molecular weight excluding hydrogens is 430 g/mol. The van der Waals surface area contributed by atoms with Crippen LogP contribution in [0.3, 0.4) is 0 Å². The van der Waals surface area contributed by atoms with E-state index in [1.54, 1.807) is 11.9 Å². The number of aromatic nitrogens is 1. The average Bonchev–Trinajstić information content (AvgIpc) is 3.15. The summed E-state index contributed by atoms with van der Waals surface area (Å²) in [6.45, 7) is 4.04. The second-order valence-electron chi connectivity index (χ2n) is 9.91. The van der Waals surface area contributed by atoms with E-state index in [0.29, 0.717) is 24.4 Å². The lowest BCUT2D eigenvalue weighted by molar-refractivity contribution is -0.121. The number of ether oxygens (including phenoxy) is 1. The fraction of sp³-hybridized carbons (Fsp3) is 0.630. The first-order chi connectivity index (χ1) is 16.4. The molecule has 1 saturated heterocycles. The number of carbonyl (C=O) groups excluding carboxylic acids is 2. The summed E-state index contributed by atoms with van der Waals surface area (Å²) in [7, 11) is 3.85. The largest absolute Gasteiger partial charge is 0.394 e. The van der Waals surface area contributed by atoms with Gasteiger partial charge in [-0.3, -0.25) is 9.59 Å². The lowest BCUT2D eigenvalue weighted by atomic mass is 9.75. The van der Waals surface area contributed by atoms with Gasteiger partial charge >= 0.3 is 0 Å². The van der Waals surface area contributed by atoms with Crippen molar-refractivity contribution in [3.63, 3.8) is 0 Å². The van der Waals surface area contributed by atoms with Crippen LogP contribution < -0.4 is 5.32 Å². The maximum atomic E-state index is 13.3. The van der Waals surface area contributed by atoms with Crippen molar-refractivity contribution in [2.24, 2.45) is 18.9 Å². The third kappa shape index (κ3) is 5.01. The molecule has 1 aromatic heterocycles. The van der Waals surface area contributed by atoms with Gasteiger partial charge < -0.3 is 24.6 Å². The number of aliphatic hydroxyl groups is 1. The van der Waals surface area contributed by atoms with E-state index in [0.717, 1.165) is 44.8 Å². The van der Waals surface area contributed by atoms with E-state index in [9.17, 15) is 14.7 Å². The predicted octanol–water partition coefficient (Wildman–Crippen LogP) is 3.06. The van der Waals surface area contributed by atoms with Crippen LogP contribution in [0.5, 0.6) is 0 Å². The molecule has 2 atom stereocenters. The number of aliphatic hydroxyl groups excluding tert-OH is 1. The van der Waals surface area contributed by atoms with E-state index >= 15 is 0 Å². The molecule has 2 aromatic rings. The Morgan fingerprint density at radius 2 is 2.00 bits per heavy atom. The minimum Gasteiger partial charge on any atom is -0.394 e. The summed E-state index contributed by atoms with van der Waals surface area (Å²) in [5, 5.41) is 13.8. The quantitative estimate of drug-likeness (QED) is 0.622. The minimum absolute atomic E-state index is 0.0572. The summed E-state index contributed by atoms with van der Waals surface area (Å²) in [6.07, 6.45) is 6.39. The molecule has 1 aliphatic heterocycles. The summed E-state index contributed by atoms with van der Waals surface area (Å²) >= 11 is 0. The minimum atomic E-state index is -0.395. The van der Waals surface area contributed by atoms with Gasteiger partial charge in [0.2, 0.25) is 5.91 Å². The molecule has 7 heteroatoms. The standard InChI is InChI=1S/C27H39N3O4/c1-4-28-26(32)10-7-21(17-31)29(2)27(33)20-6-9-25-23(16-20)22-15-19(5-8-24(22)30(25)3)18-11-13-34-14-12-18/h6,9,16,18-19,21,31H,4-5,7-8,10-15,17H2,1-3H3,(H,28,32). The fourth-order valence-electron chi connectivity index (χ4n) is 5.89. The number of hydrogen-bond donors (Lipinski definition) is 2. The molecule has 2 heterocycles. The molecule has 34 heavy (non-hydrogen) atoms. The van der Waals surface area contributed by atoms with E-state index < -0.39 is 6.04 Å². The SMILES string of the molecule is CCNC(=O)CCC(CO)N(C)C(=O)c1ccc2c(c1)c1c(n2C)CCC(C2CCOCC2)C1. The summed E-state index contributed by atoms with van der Waals surface area (Å²) in [5.41, 5.74) is 4.60. The van der Waals surface area contributed by atoms with Crippen LogP contribution in [0, 0.1) is 11.8 Å². The van der Waals surface area contributed by atoms with Gasteiger partial charge in [0, 0.05) is 62.4 Å². The lowest BCUT2D eigenvalue weighted by Gasteiger charge is -2.33. The number of hydrogen-bond acceptors (Lipinski definition) is 4. The number of likely N-dealkylation sites (N-methyl/N-ethyl adjacent to an activating group) is 1. The molecule has 2 N–H and O–H groups in total. The van der Waals surface area contributed by atoms with Gasteiger partial charge in [-0.25, -0.2) is 0 Å². The predicted molar refractivity (Wildman–Crippen MR) is 133 cm³/mol. The third-order valence-corrected chi connectivity index (χ3v) is 7.99. The average molecular weight is 470 g/mol. The molecule has 7 nitrogen and oxygen atoms in total. The Labute approximate surface area is 202 Å². The van der Waals surface area contributed by atoms with Crippen LogP contribution in [-0.4, -0.2) is 65.8 Å². The van der Waals surface area contributed by atoms with Crippen molar-refractivity contribution in [2.45, 2.75) is 57.9 Å². The fourth-order valence-corrected chi connectivity index (χ4v) is 5.89. The zero-order valence-electron chi connectivity index (χ0n) is 20.8. The van der Waals surface area contributed by atoms with Crippen molar-refractivity contribution in [1.29, 1.82) is 0 Å². The van der Waals surface area contributed by atoms with Crippen LogP contribution in [-0.2, 0) is 29.4 Å². The van der Waals surface area contributed by atoms with E-state index in [2.05, 4.69) is 23.0 Å². The molecule has 1 fully saturated rings. The van der Waals surface area contributed by atoms with Crippen molar-refractivity contribution in [1.82, 2.24) is 14.8 Å². The van der Waals surface area contributed by atoms with Crippen LogP contribution >= 0.6 is 0 Å². The maximum Gasteiger partial charge on any atom is 0.253 e. The zero-order chi connectivity index (χ0) is 24.2. The third-order valence-electron chi connectivity index (χ3n) is 7.99. The molecule has 0 spiro atoms. The molecule has 0 saturated carbocycles. The normalized spacial score (nSPS) is 19.6. The molecule has 0 bridgehead atoms. The van der Waals surface area contributed by atoms with Crippen LogP contribution in [0.4, 0.5) is 0 Å². The van der Waals surface area contributed by atoms with Crippen molar-refractivity contribution < 1.29 is 19.4 Å². The molecule has 1 aliphatic carbocycles. The Kier molecular flexibility index (Phi) is 7.94. The van der Waals surface area contributed by atoms with Gasteiger partial charge in [0.25, 0.3) is 5.91 Å². The van der Waals surface area contributed by atoms with Crippen molar-refractivity contribution in [3.05, 3.63) is 35.0 Å². The highest BCUT2D eigenvalue weighted by Gasteiger charge is 2.31. The maximum absolute atomic E-state index is 13.3. The van der Waals surface area contributed by atoms with Gasteiger partial charge in [0.05, 0.1) is 12.6 Å². The first kappa shape index (κ1) is 24.7. The van der Waals surface area contributed by atoms with Crippen molar-refractivity contribution >= 4 is 22.7 Å². The number of fused-ring (bicyclic) bond motifs is 3. The van der Waals surface area contributed by atoms with Gasteiger partial charge in [-0.15, -0.1) is 0 Å². The molecule has 1 aromatic carbocycles.